The van der Waals surface area contributed by atoms with Crippen molar-refractivity contribution in [3.8, 4) is 11.3 Å². The van der Waals surface area contributed by atoms with Crippen LogP contribution in [0.2, 0.25) is 0 Å². The van der Waals surface area contributed by atoms with Gasteiger partial charge in [0.05, 0.1) is 0 Å². The molecule has 2 aromatic rings. The minimum absolute atomic E-state index is 0.233. The molecule has 0 aliphatic heterocycles. The third kappa shape index (κ3) is 2.01. The molecule has 4 heteroatoms. The van der Waals surface area contributed by atoms with Crippen molar-refractivity contribution in [1.29, 1.82) is 0 Å². The number of hydrogen-bond donors (Lipinski definition) is 1. The van der Waals surface area contributed by atoms with E-state index in [1.54, 1.807) is 18.5 Å². The molecule has 0 spiro atoms. The fraction of sp³-hybridized carbons (Fsp3) is 0.286. The molecule has 0 aliphatic rings. The second-order valence-electron chi connectivity index (χ2n) is 4.27. The predicted molar refractivity (Wildman–Crippen MR) is 69.7 cm³/mol. The number of carboxylic acids is 1. The third-order valence-corrected chi connectivity index (χ3v) is 3.16. The van der Waals surface area contributed by atoms with Gasteiger partial charge in [0.1, 0.15) is 11.5 Å². The van der Waals surface area contributed by atoms with E-state index in [2.05, 4.69) is 11.9 Å². The molecular weight excluding hydrogens is 228 g/mol. The Bertz CT molecular complexity index is 583. The summed E-state index contributed by atoms with van der Waals surface area (Å²) in [5.74, 6) is -0.255. The molecule has 1 aromatic carbocycles. The van der Waals surface area contributed by atoms with E-state index in [9.17, 15) is 9.90 Å². The van der Waals surface area contributed by atoms with Crippen molar-refractivity contribution < 1.29 is 9.90 Å². The summed E-state index contributed by atoms with van der Waals surface area (Å²) in [4.78, 5) is 15.6. The van der Waals surface area contributed by atoms with Crippen LogP contribution in [-0.2, 0) is 13.5 Å². The molecule has 0 unspecified atom stereocenters. The zero-order valence-corrected chi connectivity index (χ0v) is 10.8. The SMILES string of the molecule is CCc1ccc(-c2nc(C)n(C)c2C(=O)O)cc1. The molecule has 94 valence electrons. The highest BCUT2D eigenvalue weighted by atomic mass is 16.4. The standard InChI is InChI=1S/C14H16N2O2/c1-4-10-5-7-11(8-6-10)12-13(14(17)18)16(3)9(2)15-12/h5-8H,4H2,1-3H3,(H,17,18). The smallest absolute Gasteiger partial charge is 0.354 e. The van der Waals surface area contributed by atoms with E-state index < -0.39 is 5.97 Å². The maximum absolute atomic E-state index is 11.3. The summed E-state index contributed by atoms with van der Waals surface area (Å²) in [6, 6.07) is 7.86. The normalized spacial score (nSPS) is 10.6. The summed E-state index contributed by atoms with van der Waals surface area (Å²) in [6.45, 7) is 3.89. The highest BCUT2D eigenvalue weighted by Crippen LogP contribution is 2.24. The van der Waals surface area contributed by atoms with Crippen LogP contribution in [0.4, 0.5) is 0 Å². The van der Waals surface area contributed by atoms with E-state index in [1.165, 1.54) is 5.56 Å². The van der Waals surface area contributed by atoms with E-state index >= 15 is 0 Å². The van der Waals surface area contributed by atoms with E-state index in [4.69, 9.17) is 0 Å². The van der Waals surface area contributed by atoms with Gasteiger partial charge in [-0.2, -0.15) is 0 Å². The van der Waals surface area contributed by atoms with Gasteiger partial charge in [0.2, 0.25) is 0 Å². The Morgan fingerprint density at radius 2 is 1.94 bits per heavy atom. The predicted octanol–water partition coefficient (Wildman–Crippen LogP) is 2.66. The fourth-order valence-corrected chi connectivity index (χ4v) is 1.95. The van der Waals surface area contributed by atoms with Gasteiger partial charge in [-0.25, -0.2) is 9.78 Å². The van der Waals surface area contributed by atoms with Crippen molar-refractivity contribution in [2.75, 3.05) is 0 Å². The average molecular weight is 244 g/mol. The van der Waals surface area contributed by atoms with Crippen molar-refractivity contribution in [3.05, 3.63) is 41.3 Å². The summed E-state index contributed by atoms with van der Waals surface area (Å²) >= 11 is 0. The molecule has 1 heterocycles. The summed E-state index contributed by atoms with van der Waals surface area (Å²) < 4.78 is 1.60. The number of imidazole rings is 1. The number of carboxylic acid groups (broad SMARTS) is 1. The molecule has 4 nitrogen and oxygen atoms in total. The van der Waals surface area contributed by atoms with E-state index in [0.717, 1.165) is 12.0 Å². The van der Waals surface area contributed by atoms with Gasteiger partial charge in [-0.15, -0.1) is 0 Å². The van der Waals surface area contributed by atoms with E-state index in [-0.39, 0.29) is 5.69 Å². The lowest BCUT2D eigenvalue weighted by molar-refractivity contribution is 0.0687. The maximum atomic E-state index is 11.3. The Balaban J connectivity index is 2.56. The van der Waals surface area contributed by atoms with Gasteiger partial charge in [0.15, 0.2) is 5.69 Å². The lowest BCUT2D eigenvalue weighted by Crippen LogP contribution is -2.06. The van der Waals surface area contributed by atoms with Crippen LogP contribution < -0.4 is 0 Å². The van der Waals surface area contributed by atoms with Crippen molar-refractivity contribution in [1.82, 2.24) is 9.55 Å². The van der Waals surface area contributed by atoms with Crippen LogP contribution in [0.3, 0.4) is 0 Å². The lowest BCUT2D eigenvalue weighted by Gasteiger charge is -2.02. The zero-order chi connectivity index (χ0) is 13.3. The first-order valence-corrected chi connectivity index (χ1v) is 5.90. The Hall–Kier alpha value is -2.10. The molecule has 0 fully saturated rings. The fourth-order valence-electron chi connectivity index (χ4n) is 1.95. The topological polar surface area (TPSA) is 55.1 Å². The molecule has 0 bridgehead atoms. The van der Waals surface area contributed by atoms with E-state index in [1.807, 2.05) is 24.3 Å². The number of nitrogens with zero attached hydrogens (tertiary/aromatic N) is 2. The molecule has 0 saturated heterocycles. The summed E-state index contributed by atoms with van der Waals surface area (Å²) in [5.41, 5.74) is 2.83. The van der Waals surface area contributed by atoms with Gasteiger partial charge in [0, 0.05) is 12.6 Å². The molecule has 0 amide bonds. The number of rotatable bonds is 3. The highest BCUT2D eigenvalue weighted by Gasteiger charge is 2.19. The first-order chi connectivity index (χ1) is 8.54. The largest absolute Gasteiger partial charge is 0.477 e. The number of carbonyl (C=O) groups is 1. The van der Waals surface area contributed by atoms with Gasteiger partial charge in [0.25, 0.3) is 0 Å². The second-order valence-corrected chi connectivity index (χ2v) is 4.27. The molecule has 0 saturated carbocycles. The van der Waals surface area contributed by atoms with Crippen LogP contribution in [0.15, 0.2) is 24.3 Å². The minimum Gasteiger partial charge on any atom is -0.477 e. The summed E-state index contributed by atoms with van der Waals surface area (Å²) in [5, 5.41) is 9.26. The van der Waals surface area contributed by atoms with Gasteiger partial charge >= 0.3 is 5.97 Å². The maximum Gasteiger partial charge on any atom is 0.354 e. The first-order valence-electron chi connectivity index (χ1n) is 5.90. The third-order valence-electron chi connectivity index (χ3n) is 3.16. The number of benzene rings is 1. The monoisotopic (exact) mass is 244 g/mol. The molecule has 2 rings (SSSR count). The van der Waals surface area contributed by atoms with Crippen LogP contribution in [0.5, 0.6) is 0 Å². The van der Waals surface area contributed by atoms with Crippen LogP contribution in [0.25, 0.3) is 11.3 Å². The van der Waals surface area contributed by atoms with Gasteiger partial charge < -0.3 is 9.67 Å². The second kappa shape index (κ2) is 4.64. The average Bonchev–Trinajstić information content (AvgIpc) is 2.66. The molecule has 0 atom stereocenters. The van der Waals surface area contributed by atoms with Crippen LogP contribution in [0, 0.1) is 6.92 Å². The number of aromatic carboxylic acids is 1. The van der Waals surface area contributed by atoms with Crippen molar-refractivity contribution >= 4 is 5.97 Å². The van der Waals surface area contributed by atoms with Gasteiger partial charge in [-0.1, -0.05) is 31.2 Å². The van der Waals surface area contributed by atoms with Gasteiger partial charge in [-0.05, 0) is 18.9 Å². The Labute approximate surface area is 106 Å². The van der Waals surface area contributed by atoms with Crippen molar-refractivity contribution in [3.63, 3.8) is 0 Å². The molecule has 1 aromatic heterocycles. The zero-order valence-electron chi connectivity index (χ0n) is 10.8. The molecule has 0 aliphatic carbocycles. The lowest BCUT2D eigenvalue weighted by atomic mass is 10.1. The first kappa shape index (κ1) is 12.4. The molecule has 18 heavy (non-hydrogen) atoms. The Kier molecular flexibility index (Phi) is 3.19. The summed E-state index contributed by atoms with van der Waals surface area (Å²) in [6.07, 6.45) is 0.966. The summed E-state index contributed by atoms with van der Waals surface area (Å²) in [7, 11) is 1.72. The van der Waals surface area contributed by atoms with E-state index in [0.29, 0.717) is 11.5 Å². The number of aromatic nitrogens is 2. The quantitative estimate of drug-likeness (QED) is 0.903. The Morgan fingerprint density at radius 3 is 2.44 bits per heavy atom. The van der Waals surface area contributed by atoms with Crippen LogP contribution >= 0.6 is 0 Å². The van der Waals surface area contributed by atoms with Crippen LogP contribution in [-0.4, -0.2) is 20.6 Å². The molecular formula is C14H16N2O2. The van der Waals surface area contributed by atoms with Crippen molar-refractivity contribution in [2.45, 2.75) is 20.3 Å². The van der Waals surface area contributed by atoms with Crippen LogP contribution in [0.1, 0.15) is 28.8 Å². The molecule has 0 radical (unpaired) electrons. The van der Waals surface area contributed by atoms with Crippen molar-refractivity contribution in [2.24, 2.45) is 7.05 Å². The number of aryl methyl sites for hydroxylation is 2. The van der Waals surface area contributed by atoms with Gasteiger partial charge in [-0.3, -0.25) is 0 Å². The number of hydrogen-bond acceptors (Lipinski definition) is 2. The highest BCUT2D eigenvalue weighted by molar-refractivity contribution is 5.93. The Morgan fingerprint density at radius 1 is 1.33 bits per heavy atom. The minimum atomic E-state index is -0.951. The molecule has 1 N–H and O–H groups in total.